The van der Waals surface area contributed by atoms with Crippen LogP contribution in [0, 0.1) is 6.92 Å². The standard InChI is InChI=1S/C20H24N2O4S/c1-14-13-16(10-11-18(14)22-12-6-9-20(22)23)27(24,25)21-15(2)17-7-4-5-8-19(17)26-3/h4-5,7-8,10-11,13,15,21H,6,9,12H2,1-3H3/t15-/m1/s1. The molecule has 1 N–H and O–H groups in total. The Kier molecular flexibility index (Phi) is 5.53. The summed E-state index contributed by atoms with van der Waals surface area (Å²) in [6.07, 6.45) is 1.37. The van der Waals surface area contributed by atoms with Gasteiger partial charge in [0, 0.05) is 30.3 Å². The average Bonchev–Trinajstić information content (AvgIpc) is 3.07. The van der Waals surface area contributed by atoms with Gasteiger partial charge in [-0.3, -0.25) is 4.79 Å². The van der Waals surface area contributed by atoms with Gasteiger partial charge in [0.1, 0.15) is 5.75 Å². The van der Waals surface area contributed by atoms with Crippen molar-refractivity contribution in [1.82, 2.24) is 4.72 Å². The molecule has 2 aromatic carbocycles. The monoisotopic (exact) mass is 388 g/mol. The van der Waals surface area contributed by atoms with Gasteiger partial charge >= 0.3 is 0 Å². The number of para-hydroxylation sites is 1. The van der Waals surface area contributed by atoms with E-state index in [0.717, 1.165) is 23.2 Å². The first-order chi connectivity index (χ1) is 12.8. The van der Waals surface area contributed by atoms with Gasteiger partial charge in [-0.2, -0.15) is 0 Å². The first-order valence-electron chi connectivity index (χ1n) is 8.90. The van der Waals surface area contributed by atoms with Crippen molar-refractivity contribution in [2.45, 2.75) is 37.6 Å². The highest BCUT2D eigenvalue weighted by Gasteiger charge is 2.25. The van der Waals surface area contributed by atoms with Gasteiger partial charge in [-0.05, 0) is 50.1 Å². The zero-order chi connectivity index (χ0) is 19.6. The number of amides is 1. The Balaban J connectivity index is 1.84. The van der Waals surface area contributed by atoms with Gasteiger partial charge in [-0.1, -0.05) is 18.2 Å². The third kappa shape index (κ3) is 3.99. The molecule has 1 aliphatic rings. The predicted molar refractivity (Wildman–Crippen MR) is 104 cm³/mol. The molecule has 0 aliphatic carbocycles. The van der Waals surface area contributed by atoms with E-state index >= 15 is 0 Å². The molecule has 1 amide bonds. The topological polar surface area (TPSA) is 75.7 Å². The number of nitrogens with one attached hydrogen (secondary N) is 1. The molecule has 0 spiro atoms. The molecule has 2 aromatic rings. The lowest BCUT2D eigenvalue weighted by molar-refractivity contribution is -0.117. The summed E-state index contributed by atoms with van der Waals surface area (Å²) in [5.74, 6) is 0.711. The van der Waals surface area contributed by atoms with Crippen molar-refractivity contribution >= 4 is 21.6 Å². The Bertz CT molecular complexity index is 956. The SMILES string of the molecule is COc1ccccc1[C@@H](C)NS(=O)(=O)c1ccc(N2CCCC2=O)c(C)c1. The third-order valence-electron chi connectivity index (χ3n) is 4.78. The second-order valence-electron chi connectivity index (χ2n) is 6.68. The zero-order valence-electron chi connectivity index (χ0n) is 15.7. The lowest BCUT2D eigenvalue weighted by Crippen LogP contribution is -2.28. The summed E-state index contributed by atoms with van der Waals surface area (Å²) in [6.45, 7) is 4.28. The number of rotatable bonds is 6. The number of anilines is 1. The Morgan fingerprint density at radius 2 is 1.93 bits per heavy atom. The van der Waals surface area contributed by atoms with Gasteiger partial charge in [-0.15, -0.1) is 0 Å². The Morgan fingerprint density at radius 3 is 2.56 bits per heavy atom. The second-order valence-corrected chi connectivity index (χ2v) is 8.40. The van der Waals surface area contributed by atoms with E-state index in [9.17, 15) is 13.2 Å². The number of ether oxygens (including phenoxy) is 1. The lowest BCUT2D eigenvalue weighted by Gasteiger charge is -2.20. The van der Waals surface area contributed by atoms with Crippen molar-refractivity contribution in [2.75, 3.05) is 18.6 Å². The molecular formula is C20H24N2O4S. The molecule has 144 valence electrons. The van der Waals surface area contributed by atoms with Gasteiger partial charge < -0.3 is 9.64 Å². The van der Waals surface area contributed by atoms with Gasteiger partial charge in [0.25, 0.3) is 0 Å². The molecule has 0 unspecified atom stereocenters. The maximum absolute atomic E-state index is 12.8. The summed E-state index contributed by atoms with van der Waals surface area (Å²) in [5, 5.41) is 0. The highest BCUT2D eigenvalue weighted by molar-refractivity contribution is 7.89. The van der Waals surface area contributed by atoms with Crippen LogP contribution < -0.4 is 14.4 Å². The fraction of sp³-hybridized carbons (Fsp3) is 0.350. The van der Waals surface area contributed by atoms with Crippen LogP contribution in [0.2, 0.25) is 0 Å². The number of carbonyl (C=O) groups excluding carboxylic acids is 1. The number of hydrogen-bond donors (Lipinski definition) is 1. The first kappa shape index (κ1) is 19.4. The summed E-state index contributed by atoms with van der Waals surface area (Å²) in [6, 6.07) is 11.7. The van der Waals surface area contributed by atoms with Crippen molar-refractivity contribution in [1.29, 1.82) is 0 Å². The summed E-state index contributed by atoms with van der Waals surface area (Å²) in [7, 11) is -2.16. The molecule has 27 heavy (non-hydrogen) atoms. The van der Waals surface area contributed by atoms with Crippen LogP contribution in [-0.4, -0.2) is 28.0 Å². The van der Waals surface area contributed by atoms with Crippen LogP contribution in [0.3, 0.4) is 0 Å². The second kappa shape index (κ2) is 7.70. The minimum Gasteiger partial charge on any atom is -0.496 e. The summed E-state index contributed by atoms with van der Waals surface area (Å²) in [5.41, 5.74) is 2.30. The smallest absolute Gasteiger partial charge is 0.241 e. The van der Waals surface area contributed by atoms with Crippen molar-refractivity contribution in [3.8, 4) is 5.75 Å². The van der Waals surface area contributed by atoms with E-state index in [2.05, 4.69) is 4.72 Å². The quantitative estimate of drug-likeness (QED) is 0.825. The number of benzene rings is 2. The van der Waals surface area contributed by atoms with Gasteiger partial charge in [0.15, 0.2) is 0 Å². The van der Waals surface area contributed by atoms with E-state index in [1.807, 2.05) is 25.1 Å². The molecule has 0 aromatic heterocycles. The van der Waals surface area contributed by atoms with Crippen molar-refractivity contribution in [3.05, 3.63) is 53.6 Å². The molecule has 1 heterocycles. The maximum atomic E-state index is 12.8. The minimum atomic E-state index is -3.72. The van der Waals surface area contributed by atoms with Crippen LogP contribution in [0.1, 0.15) is 36.9 Å². The highest BCUT2D eigenvalue weighted by Crippen LogP contribution is 2.29. The van der Waals surface area contributed by atoms with E-state index < -0.39 is 16.1 Å². The molecule has 1 fully saturated rings. The third-order valence-corrected chi connectivity index (χ3v) is 6.32. The summed E-state index contributed by atoms with van der Waals surface area (Å²) in [4.78, 5) is 13.9. The van der Waals surface area contributed by atoms with Crippen LogP contribution in [0.4, 0.5) is 5.69 Å². The zero-order valence-corrected chi connectivity index (χ0v) is 16.5. The van der Waals surface area contributed by atoms with Crippen LogP contribution in [-0.2, 0) is 14.8 Å². The summed E-state index contributed by atoms with van der Waals surface area (Å²) < 4.78 is 33.7. The fourth-order valence-electron chi connectivity index (χ4n) is 3.39. The number of nitrogens with zero attached hydrogens (tertiary/aromatic N) is 1. The molecule has 1 atom stereocenters. The van der Waals surface area contributed by atoms with Gasteiger partial charge in [-0.25, -0.2) is 13.1 Å². The normalized spacial score (nSPS) is 15.8. The van der Waals surface area contributed by atoms with Crippen molar-refractivity contribution in [2.24, 2.45) is 0 Å². The first-order valence-corrected chi connectivity index (χ1v) is 10.4. The van der Waals surface area contributed by atoms with Crippen LogP contribution in [0.15, 0.2) is 47.4 Å². The number of hydrogen-bond acceptors (Lipinski definition) is 4. The maximum Gasteiger partial charge on any atom is 0.241 e. The molecule has 0 bridgehead atoms. The highest BCUT2D eigenvalue weighted by atomic mass is 32.2. The molecular weight excluding hydrogens is 364 g/mol. The van der Waals surface area contributed by atoms with Crippen molar-refractivity contribution < 1.29 is 17.9 Å². The van der Waals surface area contributed by atoms with E-state index in [1.54, 1.807) is 43.2 Å². The predicted octanol–water partition coefficient (Wildman–Crippen LogP) is 3.17. The Morgan fingerprint density at radius 1 is 1.19 bits per heavy atom. The lowest BCUT2D eigenvalue weighted by atomic mass is 10.1. The molecule has 1 aliphatic heterocycles. The Labute approximate surface area is 160 Å². The number of carbonyl (C=O) groups is 1. The molecule has 0 saturated carbocycles. The molecule has 1 saturated heterocycles. The van der Waals surface area contributed by atoms with E-state index in [1.165, 1.54) is 0 Å². The van der Waals surface area contributed by atoms with Gasteiger partial charge in [0.2, 0.25) is 15.9 Å². The number of aryl methyl sites for hydroxylation is 1. The van der Waals surface area contributed by atoms with Gasteiger partial charge in [0.05, 0.1) is 12.0 Å². The molecule has 7 heteroatoms. The van der Waals surface area contributed by atoms with E-state index in [4.69, 9.17) is 4.74 Å². The van der Waals surface area contributed by atoms with Crippen LogP contribution >= 0.6 is 0 Å². The van der Waals surface area contributed by atoms with Crippen LogP contribution in [0.5, 0.6) is 5.75 Å². The average molecular weight is 388 g/mol. The summed E-state index contributed by atoms with van der Waals surface area (Å²) >= 11 is 0. The molecule has 6 nitrogen and oxygen atoms in total. The van der Waals surface area contributed by atoms with E-state index in [0.29, 0.717) is 18.7 Å². The van der Waals surface area contributed by atoms with Crippen LogP contribution in [0.25, 0.3) is 0 Å². The number of methoxy groups -OCH3 is 1. The van der Waals surface area contributed by atoms with Crippen molar-refractivity contribution in [3.63, 3.8) is 0 Å². The molecule has 3 rings (SSSR count). The van der Waals surface area contributed by atoms with E-state index in [-0.39, 0.29) is 10.8 Å². The Hall–Kier alpha value is -2.38. The molecule has 0 radical (unpaired) electrons. The largest absolute Gasteiger partial charge is 0.496 e. The minimum absolute atomic E-state index is 0.0802. The number of sulfonamides is 1. The fourth-order valence-corrected chi connectivity index (χ4v) is 4.70.